The Hall–Kier alpha value is -3.10. The van der Waals surface area contributed by atoms with E-state index in [9.17, 15) is 13.6 Å². The summed E-state index contributed by atoms with van der Waals surface area (Å²) >= 11 is 0. The average molecular weight is 415 g/mol. The molecule has 3 aromatic rings. The van der Waals surface area contributed by atoms with Crippen LogP contribution >= 0.6 is 0 Å². The number of nitrogens with one attached hydrogen (secondary N) is 2. The van der Waals surface area contributed by atoms with Crippen LogP contribution in [0.3, 0.4) is 0 Å². The van der Waals surface area contributed by atoms with Crippen molar-refractivity contribution in [2.45, 2.75) is 45.5 Å². The van der Waals surface area contributed by atoms with Crippen LogP contribution in [0.15, 0.2) is 29.1 Å². The summed E-state index contributed by atoms with van der Waals surface area (Å²) in [5, 5.41) is 6.86. The first-order chi connectivity index (χ1) is 14.5. The van der Waals surface area contributed by atoms with E-state index < -0.39 is 13.0 Å². The van der Waals surface area contributed by atoms with Crippen molar-refractivity contribution in [1.82, 2.24) is 15.0 Å². The third-order valence-corrected chi connectivity index (χ3v) is 5.30. The molecule has 1 fully saturated rings. The number of oxazole rings is 1. The minimum absolute atomic E-state index is 0.0793. The molecule has 1 saturated carbocycles. The number of hydrogen-bond acceptors (Lipinski definition) is 6. The second kappa shape index (κ2) is 8.73. The molecular weight excluding hydrogens is 392 g/mol. The predicted octanol–water partition coefficient (Wildman–Crippen LogP) is 4.79. The number of carbonyl (C=O) groups excluding carboxylic acids is 1. The van der Waals surface area contributed by atoms with Gasteiger partial charge in [-0.25, -0.2) is 18.7 Å². The van der Waals surface area contributed by atoms with Crippen LogP contribution in [0, 0.1) is 12.8 Å². The van der Waals surface area contributed by atoms with Crippen molar-refractivity contribution >= 4 is 28.2 Å². The molecule has 4 rings (SSSR count). The summed E-state index contributed by atoms with van der Waals surface area (Å²) in [6.45, 7) is 1.16. The largest absolute Gasteiger partial charge is 0.439 e. The van der Waals surface area contributed by atoms with Gasteiger partial charge in [-0.3, -0.25) is 9.78 Å². The topological polar surface area (TPSA) is 92.9 Å². The van der Waals surface area contributed by atoms with Crippen LogP contribution in [-0.2, 0) is 4.79 Å². The number of alkyl halides is 2. The quantitative estimate of drug-likeness (QED) is 0.601. The number of fused-ring (bicyclic) bond motifs is 1. The van der Waals surface area contributed by atoms with Gasteiger partial charge in [-0.2, -0.15) is 0 Å². The molecule has 30 heavy (non-hydrogen) atoms. The number of anilines is 2. The molecule has 0 saturated heterocycles. The van der Waals surface area contributed by atoms with E-state index in [4.69, 9.17) is 4.42 Å². The number of hydrogen-bond donors (Lipinski definition) is 2. The van der Waals surface area contributed by atoms with Crippen molar-refractivity contribution in [3.8, 4) is 11.5 Å². The molecule has 0 aromatic carbocycles. The molecule has 2 N–H and O–H groups in total. The van der Waals surface area contributed by atoms with E-state index in [2.05, 4.69) is 25.6 Å². The Morgan fingerprint density at radius 1 is 1.17 bits per heavy atom. The van der Waals surface area contributed by atoms with Gasteiger partial charge in [0, 0.05) is 36.0 Å². The fourth-order valence-corrected chi connectivity index (χ4v) is 3.76. The third-order valence-electron chi connectivity index (χ3n) is 5.30. The summed E-state index contributed by atoms with van der Waals surface area (Å²) in [5.74, 6) is 1.01. The van der Waals surface area contributed by atoms with Gasteiger partial charge < -0.3 is 15.1 Å². The second-order valence-corrected chi connectivity index (χ2v) is 7.48. The number of amides is 1. The first kappa shape index (κ1) is 20.2. The van der Waals surface area contributed by atoms with E-state index in [0.717, 1.165) is 32.1 Å². The summed E-state index contributed by atoms with van der Waals surface area (Å²) < 4.78 is 31.4. The zero-order valence-corrected chi connectivity index (χ0v) is 16.6. The Bertz CT molecular complexity index is 1050. The monoisotopic (exact) mass is 415 g/mol. The van der Waals surface area contributed by atoms with E-state index in [1.54, 1.807) is 31.6 Å². The third kappa shape index (κ3) is 4.39. The average Bonchev–Trinajstić information content (AvgIpc) is 3.19. The molecule has 1 amide bonds. The summed E-state index contributed by atoms with van der Waals surface area (Å²) in [5.41, 5.74) is 0.857. The smallest absolute Gasteiger partial charge is 0.255 e. The fraction of sp³-hybridized carbons (Fsp3) is 0.429. The lowest BCUT2D eigenvalue weighted by Gasteiger charge is -2.22. The van der Waals surface area contributed by atoms with E-state index in [0.29, 0.717) is 33.8 Å². The van der Waals surface area contributed by atoms with Crippen molar-refractivity contribution in [3.05, 3.63) is 30.5 Å². The number of pyridine rings is 2. The van der Waals surface area contributed by atoms with Crippen molar-refractivity contribution in [2.24, 2.45) is 5.92 Å². The van der Waals surface area contributed by atoms with Crippen molar-refractivity contribution in [1.29, 1.82) is 0 Å². The molecule has 3 aromatic heterocycles. The first-order valence-corrected chi connectivity index (χ1v) is 10.1. The maximum absolute atomic E-state index is 12.9. The van der Waals surface area contributed by atoms with Crippen LogP contribution in [0.25, 0.3) is 22.2 Å². The molecule has 0 aliphatic heterocycles. The van der Waals surface area contributed by atoms with Gasteiger partial charge in [-0.1, -0.05) is 19.3 Å². The number of halogens is 2. The first-order valence-electron chi connectivity index (χ1n) is 10.1. The standard InChI is InChI=1S/C21H23F2N5O2/c1-12-24-10-17(30-12)16-7-15-14(8-25-16)9-27-20(19(15)26-11-18(22)23)28-21(29)13-5-3-2-4-6-13/h7-10,13,18,26H,2-6,11H2,1H3,(H,27,28,29). The number of carbonyl (C=O) groups is 1. The second-order valence-electron chi connectivity index (χ2n) is 7.48. The van der Waals surface area contributed by atoms with Crippen LogP contribution < -0.4 is 10.6 Å². The highest BCUT2D eigenvalue weighted by Gasteiger charge is 2.23. The molecule has 0 bridgehead atoms. The molecule has 7 nitrogen and oxygen atoms in total. The number of aryl methyl sites for hydroxylation is 1. The minimum atomic E-state index is -2.56. The molecule has 1 aliphatic rings. The van der Waals surface area contributed by atoms with Crippen LogP contribution in [0.5, 0.6) is 0 Å². The summed E-state index contributed by atoms with van der Waals surface area (Å²) in [6, 6.07) is 1.72. The minimum Gasteiger partial charge on any atom is -0.439 e. The van der Waals surface area contributed by atoms with Crippen molar-refractivity contribution < 1.29 is 18.0 Å². The van der Waals surface area contributed by atoms with Gasteiger partial charge in [0.05, 0.1) is 18.4 Å². The van der Waals surface area contributed by atoms with Crippen LogP contribution in [0.4, 0.5) is 20.3 Å². The van der Waals surface area contributed by atoms with Gasteiger partial charge in [0.15, 0.2) is 17.5 Å². The van der Waals surface area contributed by atoms with E-state index in [1.807, 2.05) is 0 Å². The number of nitrogens with zero attached hydrogens (tertiary/aromatic N) is 3. The fourth-order valence-electron chi connectivity index (χ4n) is 3.76. The van der Waals surface area contributed by atoms with E-state index in [-0.39, 0.29) is 17.6 Å². The molecule has 0 unspecified atom stereocenters. The summed E-state index contributed by atoms with van der Waals surface area (Å²) in [6.07, 6.45) is 7.00. The van der Waals surface area contributed by atoms with Gasteiger partial charge in [0.2, 0.25) is 5.91 Å². The lowest BCUT2D eigenvalue weighted by molar-refractivity contribution is -0.120. The van der Waals surface area contributed by atoms with Gasteiger partial charge in [0.25, 0.3) is 6.43 Å². The summed E-state index contributed by atoms with van der Waals surface area (Å²) in [7, 11) is 0. The van der Waals surface area contributed by atoms with Gasteiger partial charge in [-0.15, -0.1) is 0 Å². The van der Waals surface area contributed by atoms with Gasteiger partial charge >= 0.3 is 0 Å². The zero-order valence-electron chi connectivity index (χ0n) is 16.6. The highest BCUT2D eigenvalue weighted by Crippen LogP contribution is 2.33. The molecule has 9 heteroatoms. The lowest BCUT2D eigenvalue weighted by Crippen LogP contribution is -2.26. The van der Waals surface area contributed by atoms with Crippen molar-refractivity contribution in [3.63, 3.8) is 0 Å². The Balaban J connectivity index is 1.72. The lowest BCUT2D eigenvalue weighted by atomic mass is 9.88. The van der Waals surface area contributed by atoms with Crippen LogP contribution in [-0.4, -0.2) is 33.8 Å². The molecule has 1 aliphatic carbocycles. The maximum atomic E-state index is 12.9. The van der Waals surface area contributed by atoms with Gasteiger partial charge in [-0.05, 0) is 18.9 Å². The molecule has 3 heterocycles. The number of aromatic nitrogens is 3. The molecule has 0 spiro atoms. The summed E-state index contributed by atoms with van der Waals surface area (Å²) in [4.78, 5) is 25.5. The van der Waals surface area contributed by atoms with Crippen LogP contribution in [0.1, 0.15) is 38.0 Å². The van der Waals surface area contributed by atoms with Crippen LogP contribution in [0.2, 0.25) is 0 Å². The molecular formula is C21H23F2N5O2. The highest BCUT2D eigenvalue weighted by atomic mass is 19.3. The Morgan fingerprint density at radius 2 is 1.93 bits per heavy atom. The Kier molecular flexibility index (Phi) is 5.87. The SMILES string of the molecule is Cc1ncc(-c2cc3c(NCC(F)F)c(NC(=O)C4CCCCC4)ncc3cn2)o1. The van der Waals surface area contributed by atoms with Crippen molar-refractivity contribution in [2.75, 3.05) is 17.2 Å². The number of rotatable bonds is 6. The normalized spacial score (nSPS) is 14.9. The van der Waals surface area contributed by atoms with E-state index >= 15 is 0 Å². The zero-order chi connectivity index (χ0) is 21.1. The molecule has 0 atom stereocenters. The predicted molar refractivity (Wildman–Crippen MR) is 109 cm³/mol. The Labute approximate surface area is 172 Å². The maximum Gasteiger partial charge on any atom is 0.255 e. The molecule has 0 radical (unpaired) electrons. The van der Waals surface area contributed by atoms with Gasteiger partial charge in [0.1, 0.15) is 5.69 Å². The molecule has 158 valence electrons. The highest BCUT2D eigenvalue weighted by molar-refractivity contribution is 6.03. The Morgan fingerprint density at radius 3 is 2.63 bits per heavy atom. The van der Waals surface area contributed by atoms with E-state index in [1.165, 1.54) is 0 Å².